The van der Waals surface area contributed by atoms with Crippen molar-refractivity contribution in [1.29, 1.82) is 0 Å². The largest absolute Gasteiger partial charge is 0.377 e. The molecule has 3 atom stereocenters. The van der Waals surface area contributed by atoms with Crippen LogP contribution in [0.4, 0.5) is 10.1 Å². The summed E-state index contributed by atoms with van der Waals surface area (Å²) in [6, 6.07) is 6.70. The Hall–Kier alpha value is -2.56. The van der Waals surface area contributed by atoms with E-state index >= 15 is 0 Å². The predicted molar refractivity (Wildman–Crippen MR) is 118 cm³/mol. The summed E-state index contributed by atoms with van der Waals surface area (Å²) in [5.74, 6) is 2.92. The molecule has 0 bridgehead atoms. The fourth-order valence-electron chi connectivity index (χ4n) is 4.61. The number of benzene rings is 1. The number of halogens is 1. The summed E-state index contributed by atoms with van der Waals surface area (Å²) in [6.45, 7) is 3.25. The Morgan fingerprint density at radius 2 is 2.07 bits per heavy atom. The van der Waals surface area contributed by atoms with Crippen molar-refractivity contribution >= 4 is 11.5 Å². The van der Waals surface area contributed by atoms with Crippen molar-refractivity contribution < 1.29 is 4.39 Å². The number of hydrogen-bond acceptors (Lipinski definition) is 4. The van der Waals surface area contributed by atoms with Crippen molar-refractivity contribution in [3.63, 3.8) is 0 Å². The maximum Gasteiger partial charge on any atom is 0.130 e. The monoisotopic (exact) mass is 394 g/mol. The van der Waals surface area contributed by atoms with Crippen LogP contribution in [0.3, 0.4) is 0 Å². The lowest BCUT2D eigenvalue weighted by atomic mass is 9.81. The lowest BCUT2D eigenvalue weighted by Crippen LogP contribution is -2.45. The highest BCUT2D eigenvalue weighted by Crippen LogP contribution is 2.34. The summed E-state index contributed by atoms with van der Waals surface area (Å²) in [5, 5.41) is 3.35. The molecule has 2 heterocycles. The van der Waals surface area contributed by atoms with Crippen molar-refractivity contribution in [2.75, 3.05) is 26.0 Å². The van der Waals surface area contributed by atoms with E-state index in [0.717, 1.165) is 29.8 Å². The van der Waals surface area contributed by atoms with Gasteiger partial charge in [-0.3, -0.25) is 0 Å². The maximum atomic E-state index is 13.7. The molecule has 0 aromatic heterocycles. The minimum absolute atomic E-state index is 0.126. The van der Waals surface area contributed by atoms with Crippen LogP contribution in [0, 0.1) is 17.7 Å². The third-order valence-corrected chi connectivity index (χ3v) is 6.21. The summed E-state index contributed by atoms with van der Waals surface area (Å²) in [5.41, 5.74) is 2.01. The Morgan fingerprint density at radius 1 is 1.21 bits per heavy atom. The minimum Gasteiger partial charge on any atom is -0.377 e. The quantitative estimate of drug-likeness (QED) is 0.779. The first kappa shape index (κ1) is 19.7. The van der Waals surface area contributed by atoms with Crippen molar-refractivity contribution in [3.05, 3.63) is 65.9 Å². The maximum absolute atomic E-state index is 13.7. The Morgan fingerprint density at radius 3 is 2.79 bits per heavy atom. The molecule has 2 aliphatic heterocycles. The van der Waals surface area contributed by atoms with E-state index in [1.165, 1.54) is 43.4 Å². The molecule has 1 saturated carbocycles. The van der Waals surface area contributed by atoms with Crippen LogP contribution in [0.2, 0.25) is 0 Å². The lowest BCUT2D eigenvalue weighted by molar-refractivity contribution is 0.311. The van der Waals surface area contributed by atoms with E-state index in [1.807, 2.05) is 6.07 Å². The third-order valence-electron chi connectivity index (χ3n) is 6.21. The fraction of sp³-hybridized carbons (Fsp3) is 0.458. The second kappa shape index (κ2) is 8.44. The molecule has 4 rings (SSSR count). The van der Waals surface area contributed by atoms with Crippen molar-refractivity contribution in [1.82, 2.24) is 9.80 Å². The van der Waals surface area contributed by atoms with Gasteiger partial charge in [0.25, 0.3) is 0 Å². The molecule has 0 spiro atoms. The van der Waals surface area contributed by atoms with Gasteiger partial charge in [-0.2, -0.15) is 0 Å². The molecular weight excluding hydrogens is 363 g/mol. The number of likely N-dealkylation sites (N-methyl/N-ethyl adjacent to an activating group) is 2. The van der Waals surface area contributed by atoms with E-state index in [9.17, 15) is 4.39 Å². The smallest absolute Gasteiger partial charge is 0.130 e. The molecule has 1 aliphatic carbocycles. The standard InChI is InChI=1S/C24H31FN4/c1-17-6-4-7-19(14-17)24-27-23(26-21-9-5-8-20(25)15-21)16-22(29(24)3)18-10-12-28(2)13-11-18/h5,8-12,15-17,19,22,26H,4,6-7,13-14H2,1-3H3. The van der Waals surface area contributed by atoms with Crippen molar-refractivity contribution in [3.8, 4) is 0 Å². The molecule has 5 heteroatoms. The number of aliphatic imine (C=N–C) groups is 1. The first-order valence-corrected chi connectivity index (χ1v) is 10.6. The number of amidine groups is 1. The van der Waals surface area contributed by atoms with Gasteiger partial charge in [-0.15, -0.1) is 0 Å². The van der Waals surface area contributed by atoms with Gasteiger partial charge in [0.05, 0.1) is 6.04 Å². The van der Waals surface area contributed by atoms with Crippen LogP contribution >= 0.6 is 0 Å². The first-order valence-electron chi connectivity index (χ1n) is 10.6. The molecule has 1 aromatic rings. The number of rotatable bonds is 4. The van der Waals surface area contributed by atoms with Crippen LogP contribution in [0.1, 0.15) is 32.6 Å². The van der Waals surface area contributed by atoms with E-state index in [0.29, 0.717) is 5.92 Å². The SMILES string of the molecule is CC1CCCC(C2=NC(Nc3cccc(F)c3)=CC(C3=CCN(C)C=C3)N2C)C1. The van der Waals surface area contributed by atoms with Crippen molar-refractivity contribution in [2.45, 2.75) is 38.6 Å². The average molecular weight is 395 g/mol. The van der Waals surface area contributed by atoms with Gasteiger partial charge in [0.1, 0.15) is 17.5 Å². The Labute approximate surface area is 173 Å². The zero-order chi connectivity index (χ0) is 20.4. The molecule has 3 aliphatic rings. The first-order chi connectivity index (χ1) is 14.0. The van der Waals surface area contributed by atoms with Gasteiger partial charge in [0.2, 0.25) is 0 Å². The van der Waals surface area contributed by atoms with E-state index < -0.39 is 0 Å². The van der Waals surface area contributed by atoms with E-state index in [1.54, 1.807) is 6.07 Å². The summed E-state index contributed by atoms with van der Waals surface area (Å²) in [6.07, 6.45) is 13.7. The van der Waals surface area contributed by atoms with Crippen LogP contribution in [0.15, 0.2) is 65.1 Å². The van der Waals surface area contributed by atoms with Gasteiger partial charge in [-0.25, -0.2) is 9.38 Å². The number of nitrogens with zero attached hydrogens (tertiary/aromatic N) is 3. The molecule has 0 saturated heterocycles. The Balaban J connectivity index is 1.65. The lowest BCUT2D eigenvalue weighted by Gasteiger charge is -2.39. The zero-order valence-electron chi connectivity index (χ0n) is 17.6. The van der Waals surface area contributed by atoms with Crippen LogP contribution in [0.5, 0.6) is 0 Å². The van der Waals surface area contributed by atoms with E-state index in [2.05, 4.69) is 60.6 Å². The summed E-state index contributed by atoms with van der Waals surface area (Å²) < 4.78 is 13.7. The second-order valence-corrected chi connectivity index (χ2v) is 8.64. The number of hydrogen-bond donors (Lipinski definition) is 1. The van der Waals surface area contributed by atoms with Crippen LogP contribution in [-0.4, -0.2) is 42.3 Å². The predicted octanol–water partition coefficient (Wildman–Crippen LogP) is 5.00. The second-order valence-electron chi connectivity index (χ2n) is 8.64. The topological polar surface area (TPSA) is 30.9 Å². The molecule has 1 fully saturated rings. The summed E-state index contributed by atoms with van der Waals surface area (Å²) >= 11 is 0. The molecule has 154 valence electrons. The van der Waals surface area contributed by atoms with E-state index in [-0.39, 0.29) is 11.9 Å². The highest BCUT2D eigenvalue weighted by Gasteiger charge is 2.32. The van der Waals surface area contributed by atoms with E-state index in [4.69, 9.17) is 4.99 Å². The molecular formula is C24H31FN4. The van der Waals surface area contributed by atoms with Gasteiger partial charge in [-0.05, 0) is 60.9 Å². The fourth-order valence-corrected chi connectivity index (χ4v) is 4.61. The Bertz CT molecular complexity index is 869. The molecule has 1 aromatic carbocycles. The van der Waals surface area contributed by atoms with Gasteiger partial charge in [-0.1, -0.05) is 31.9 Å². The zero-order valence-corrected chi connectivity index (χ0v) is 17.6. The highest BCUT2D eigenvalue weighted by atomic mass is 19.1. The molecule has 4 nitrogen and oxygen atoms in total. The van der Waals surface area contributed by atoms with Gasteiger partial charge >= 0.3 is 0 Å². The highest BCUT2D eigenvalue weighted by molar-refractivity contribution is 5.88. The summed E-state index contributed by atoms with van der Waals surface area (Å²) in [7, 11) is 4.24. The average Bonchev–Trinajstić information content (AvgIpc) is 2.70. The van der Waals surface area contributed by atoms with Gasteiger partial charge < -0.3 is 15.1 Å². The normalized spacial score (nSPS) is 27.3. The molecule has 0 radical (unpaired) electrons. The van der Waals surface area contributed by atoms with Crippen LogP contribution < -0.4 is 5.32 Å². The molecule has 3 unspecified atom stereocenters. The van der Waals surface area contributed by atoms with Gasteiger partial charge in [0, 0.05) is 32.2 Å². The van der Waals surface area contributed by atoms with Crippen LogP contribution in [0.25, 0.3) is 0 Å². The molecule has 29 heavy (non-hydrogen) atoms. The van der Waals surface area contributed by atoms with Crippen molar-refractivity contribution in [2.24, 2.45) is 16.8 Å². The van der Waals surface area contributed by atoms with Gasteiger partial charge in [0.15, 0.2) is 0 Å². The molecule has 0 amide bonds. The summed E-state index contributed by atoms with van der Waals surface area (Å²) in [4.78, 5) is 9.52. The number of nitrogens with one attached hydrogen (secondary N) is 1. The van der Waals surface area contributed by atoms with Crippen LogP contribution in [-0.2, 0) is 0 Å². The minimum atomic E-state index is -0.244. The number of anilines is 1. The molecule has 1 N–H and O–H groups in total. The Kier molecular flexibility index (Phi) is 5.74. The third kappa shape index (κ3) is 4.55.